The SMILES string of the molecule is Cc1ccc(CNC(=O)[C@H](C)OC(=O)c2cc3ccccc3o2)cc1. The van der Waals surface area contributed by atoms with Gasteiger partial charge in [-0.2, -0.15) is 0 Å². The van der Waals surface area contributed by atoms with E-state index in [0.717, 1.165) is 16.5 Å². The zero-order valence-corrected chi connectivity index (χ0v) is 14.1. The Hall–Kier alpha value is -3.08. The van der Waals surface area contributed by atoms with Crippen molar-refractivity contribution in [3.63, 3.8) is 0 Å². The van der Waals surface area contributed by atoms with Crippen LogP contribution in [0.15, 0.2) is 59.0 Å². The Morgan fingerprint density at radius 2 is 1.84 bits per heavy atom. The number of amides is 1. The first-order valence-corrected chi connectivity index (χ1v) is 8.06. The van der Waals surface area contributed by atoms with Crippen molar-refractivity contribution in [3.8, 4) is 0 Å². The van der Waals surface area contributed by atoms with Crippen LogP contribution in [-0.4, -0.2) is 18.0 Å². The first-order chi connectivity index (χ1) is 12.0. The monoisotopic (exact) mass is 337 g/mol. The van der Waals surface area contributed by atoms with Crippen LogP contribution < -0.4 is 5.32 Å². The van der Waals surface area contributed by atoms with Crippen LogP contribution >= 0.6 is 0 Å². The number of hydrogen-bond acceptors (Lipinski definition) is 4. The van der Waals surface area contributed by atoms with Crippen LogP contribution in [0.5, 0.6) is 0 Å². The van der Waals surface area contributed by atoms with Crippen LogP contribution in [0.25, 0.3) is 11.0 Å². The number of carbonyl (C=O) groups is 2. The van der Waals surface area contributed by atoms with E-state index in [1.807, 2.05) is 49.4 Å². The van der Waals surface area contributed by atoms with E-state index in [4.69, 9.17) is 9.15 Å². The molecule has 0 aliphatic heterocycles. The van der Waals surface area contributed by atoms with Crippen molar-refractivity contribution in [2.75, 3.05) is 0 Å². The number of carbonyl (C=O) groups excluding carboxylic acids is 2. The first kappa shape index (κ1) is 16.8. The largest absolute Gasteiger partial charge is 0.449 e. The maximum Gasteiger partial charge on any atom is 0.375 e. The quantitative estimate of drug-likeness (QED) is 0.722. The summed E-state index contributed by atoms with van der Waals surface area (Å²) in [4.78, 5) is 24.2. The molecule has 0 spiro atoms. The van der Waals surface area contributed by atoms with Crippen molar-refractivity contribution < 1.29 is 18.7 Å². The van der Waals surface area contributed by atoms with E-state index in [0.29, 0.717) is 12.1 Å². The second-order valence-electron chi connectivity index (χ2n) is 5.90. The third-order valence-corrected chi connectivity index (χ3v) is 3.87. The molecule has 1 atom stereocenters. The summed E-state index contributed by atoms with van der Waals surface area (Å²) < 4.78 is 10.6. The average Bonchev–Trinajstić information content (AvgIpc) is 3.05. The Balaban J connectivity index is 1.56. The number of ether oxygens (including phenoxy) is 1. The van der Waals surface area contributed by atoms with E-state index in [2.05, 4.69) is 5.32 Å². The number of benzene rings is 2. The molecule has 3 aromatic rings. The van der Waals surface area contributed by atoms with Gasteiger partial charge in [0.05, 0.1) is 0 Å². The molecule has 0 saturated carbocycles. The van der Waals surface area contributed by atoms with Crippen molar-refractivity contribution >= 4 is 22.8 Å². The third kappa shape index (κ3) is 4.07. The molecule has 5 heteroatoms. The van der Waals surface area contributed by atoms with Gasteiger partial charge in [0.1, 0.15) is 5.58 Å². The predicted molar refractivity (Wildman–Crippen MR) is 94.1 cm³/mol. The summed E-state index contributed by atoms with van der Waals surface area (Å²) in [7, 11) is 0. The summed E-state index contributed by atoms with van der Waals surface area (Å²) in [6.07, 6.45) is -0.911. The topological polar surface area (TPSA) is 68.5 Å². The molecule has 1 heterocycles. The lowest BCUT2D eigenvalue weighted by Crippen LogP contribution is -2.35. The molecule has 3 rings (SSSR count). The van der Waals surface area contributed by atoms with E-state index >= 15 is 0 Å². The fourth-order valence-corrected chi connectivity index (χ4v) is 2.39. The van der Waals surface area contributed by atoms with E-state index in [-0.39, 0.29) is 11.7 Å². The number of nitrogens with one attached hydrogen (secondary N) is 1. The van der Waals surface area contributed by atoms with Gasteiger partial charge in [0.2, 0.25) is 5.76 Å². The second kappa shape index (κ2) is 7.21. The van der Waals surface area contributed by atoms with Gasteiger partial charge in [0, 0.05) is 11.9 Å². The maximum absolute atomic E-state index is 12.1. The van der Waals surface area contributed by atoms with Gasteiger partial charge < -0.3 is 14.5 Å². The van der Waals surface area contributed by atoms with E-state index in [1.165, 1.54) is 6.92 Å². The average molecular weight is 337 g/mol. The first-order valence-electron chi connectivity index (χ1n) is 8.06. The summed E-state index contributed by atoms with van der Waals surface area (Å²) in [5.41, 5.74) is 2.74. The summed E-state index contributed by atoms with van der Waals surface area (Å²) >= 11 is 0. The fraction of sp³-hybridized carbons (Fsp3) is 0.200. The van der Waals surface area contributed by atoms with Crippen LogP contribution in [-0.2, 0) is 16.1 Å². The van der Waals surface area contributed by atoms with Crippen LogP contribution in [0.1, 0.15) is 28.6 Å². The molecular formula is C20H19NO4. The van der Waals surface area contributed by atoms with Crippen molar-refractivity contribution in [2.24, 2.45) is 0 Å². The molecule has 5 nitrogen and oxygen atoms in total. The summed E-state index contributed by atoms with van der Waals surface area (Å²) in [6.45, 7) is 3.92. The standard InChI is InChI=1S/C20H19NO4/c1-13-7-9-15(10-8-13)12-21-19(22)14(2)24-20(23)18-11-16-5-3-4-6-17(16)25-18/h3-11,14H,12H2,1-2H3,(H,21,22)/t14-/m0/s1. The Kier molecular flexibility index (Phi) is 4.84. The lowest BCUT2D eigenvalue weighted by molar-refractivity contribution is -0.129. The van der Waals surface area contributed by atoms with Crippen LogP contribution in [0.4, 0.5) is 0 Å². The van der Waals surface area contributed by atoms with Gasteiger partial charge in [0.25, 0.3) is 5.91 Å². The molecular weight excluding hydrogens is 318 g/mol. The predicted octanol–water partition coefficient (Wildman–Crippen LogP) is 3.60. The van der Waals surface area contributed by atoms with Gasteiger partial charge in [-0.05, 0) is 31.5 Å². The minimum Gasteiger partial charge on any atom is -0.449 e. The molecule has 0 unspecified atom stereocenters. The highest BCUT2D eigenvalue weighted by Crippen LogP contribution is 2.19. The van der Waals surface area contributed by atoms with Gasteiger partial charge in [-0.1, -0.05) is 48.0 Å². The Morgan fingerprint density at radius 1 is 1.12 bits per heavy atom. The summed E-state index contributed by atoms with van der Waals surface area (Å²) in [5.74, 6) is -0.932. The van der Waals surface area contributed by atoms with E-state index < -0.39 is 12.1 Å². The second-order valence-corrected chi connectivity index (χ2v) is 5.90. The minimum atomic E-state index is -0.911. The molecule has 0 fully saturated rings. The number of furan rings is 1. The van der Waals surface area contributed by atoms with E-state index in [9.17, 15) is 9.59 Å². The zero-order chi connectivity index (χ0) is 17.8. The third-order valence-electron chi connectivity index (χ3n) is 3.87. The van der Waals surface area contributed by atoms with E-state index in [1.54, 1.807) is 12.1 Å². The molecule has 1 amide bonds. The zero-order valence-electron chi connectivity index (χ0n) is 14.1. The van der Waals surface area contributed by atoms with Gasteiger partial charge in [-0.15, -0.1) is 0 Å². The molecule has 0 aliphatic carbocycles. The number of rotatable bonds is 5. The minimum absolute atomic E-state index is 0.0828. The van der Waals surface area contributed by atoms with Crippen LogP contribution in [0, 0.1) is 6.92 Å². The summed E-state index contributed by atoms with van der Waals surface area (Å²) in [5, 5.41) is 3.57. The van der Waals surface area contributed by atoms with Crippen molar-refractivity contribution in [3.05, 3.63) is 71.5 Å². The van der Waals surface area contributed by atoms with Crippen molar-refractivity contribution in [2.45, 2.75) is 26.5 Å². The van der Waals surface area contributed by atoms with Crippen molar-refractivity contribution in [1.29, 1.82) is 0 Å². The summed E-state index contributed by atoms with van der Waals surface area (Å²) in [6, 6.07) is 16.7. The van der Waals surface area contributed by atoms with Crippen molar-refractivity contribution in [1.82, 2.24) is 5.32 Å². The number of hydrogen-bond donors (Lipinski definition) is 1. The molecule has 25 heavy (non-hydrogen) atoms. The molecule has 0 aliphatic rings. The lowest BCUT2D eigenvalue weighted by atomic mass is 10.1. The molecule has 1 N–H and O–H groups in total. The normalized spacial score (nSPS) is 11.9. The number of para-hydroxylation sites is 1. The molecule has 2 aromatic carbocycles. The number of aryl methyl sites for hydroxylation is 1. The Bertz CT molecular complexity index is 862. The van der Waals surface area contributed by atoms with Gasteiger partial charge in [-0.3, -0.25) is 4.79 Å². The van der Waals surface area contributed by atoms with Crippen LogP contribution in [0.2, 0.25) is 0 Å². The highest BCUT2D eigenvalue weighted by Gasteiger charge is 2.21. The molecule has 0 radical (unpaired) electrons. The maximum atomic E-state index is 12.1. The van der Waals surface area contributed by atoms with Gasteiger partial charge in [0.15, 0.2) is 6.10 Å². The fourth-order valence-electron chi connectivity index (χ4n) is 2.39. The molecule has 128 valence electrons. The highest BCUT2D eigenvalue weighted by atomic mass is 16.6. The smallest absolute Gasteiger partial charge is 0.375 e. The van der Waals surface area contributed by atoms with Gasteiger partial charge in [-0.25, -0.2) is 4.79 Å². The Labute approximate surface area is 145 Å². The lowest BCUT2D eigenvalue weighted by Gasteiger charge is -2.12. The molecule has 1 aromatic heterocycles. The van der Waals surface area contributed by atoms with Gasteiger partial charge >= 0.3 is 5.97 Å². The molecule has 0 bridgehead atoms. The Morgan fingerprint density at radius 3 is 2.56 bits per heavy atom. The van der Waals surface area contributed by atoms with Crippen LogP contribution in [0.3, 0.4) is 0 Å². The molecule has 0 saturated heterocycles. The highest BCUT2D eigenvalue weighted by molar-refractivity contribution is 5.94. The number of esters is 1. The number of fused-ring (bicyclic) bond motifs is 1.